The lowest BCUT2D eigenvalue weighted by atomic mass is 10.2. The van der Waals surface area contributed by atoms with Crippen LogP contribution < -0.4 is 5.32 Å². The Morgan fingerprint density at radius 1 is 1.33 bits per heavy atom. The van der Waals surface area contributed by atoms with Gasteiger partial charge in [-0.25, -0.2) is 9.37 Å². The number of benzene rings is 2. The van der Waals surface area contributed by atoms with Crippen LogP contribution in [0.2, 0.25) is 5.02 Å². The molecule has 0 amide bonds. The summed E-state index contributed by atoms with van der Waals surface area (Å²) in [5.41, 5.74) is 1.37. The summed E-state index contributed by atoms with van der Waals surface area (Å²) in [7, 11) is 0. The first-order valence-electron chi connectivity index (χ1n) is 7.50. The number of nitro benzene ring substituents is 1. The number of allylic oxidation sites excluding steroid dienone is 1. The molecule has 134 valence electrons. The maximum Gasteiger partial charge on any atom is 0.295 e. The Bertz CT molecular complexity index is 1070. The topological polar surface area (TPSA) is 91.8 Å². The standard InChI is InChI=1S/C18H10ClFN4O2S/c19-13-3-1-11(2-4-13)16-10-27-18(23-16)12(8-21)9-22-15-6-5-14(20)7-17(15)24(25)26/h1-7,9-10,22H/b12-9-. The van der Waals surface area contributed by atoms with Crippen LogP contribution in [0.5, 0.6) is 0 Å². The Balaban J connectivity index is 1.87. The van der Waals surface area contributed by atoms with Gasteiger partial charge in [-0.1, -0.05) is 23.7 Å². The van der Waals surface area contributed by atoms with Crippen LogP contribution >= 0.6 is 22.9 Å². The van der Waals surface area contributed by atoms with E-state index in [0.29, 0.717) is 15.7 Å². The number of nitriles is 1. The molecule has 0 aliphatic carbocycles. The molecule has 0 saturated heterocycles. The molecule has 0 unspecified atom stereocenters. The van der Waals surface area contributed by atoms with E-state index in [-0.39, 0.29) is 11.3 Å². The van der Waals surface area contributed by atoms with E-state index >= 15 is 0 Å². The molecule has 0 spiro atoms. The number of hydrogen-bond acceptors (Lipinski definition) is 6. The van der Waals surface area contributed by atoms with Gasteiger partial charge in [-0.2, -0.15) is 5.26 Å². The Hall–Kier alpha value is -3.28. The van der Waals surface area contributed by atoms with Crippen LogP contribution in [0.4, 0.5) is 15.8 Å². The number of hydrogen-bond donors (Lipinski definition) is 1. The highest BCUT2D eigenvalue weighted by molar-refractivity contribution is 7.11. The average Bonchev–Trinajstić information content (AvgIpc) is 3.13. The molecule has 0 aliphatic rings. The summed E-state index contributed by atoms with van der Waals surface area (Å²) in [6.45, 7) is 0. The third-order valence-corrected chi connectivity index (χ3v) is 4.65. The third-order valence-electron chi connectivity index (χ3n) is 3.52. The molecule has 1 aromatic heterocycles. The van der Waals surface area contributed by atoms with Crippen LogP contribution in [0.25, 0.3) is 16.8 Å². The van der Waals surface area contributed by atoms with Gasteiger partial charge >= 0.3 is 0 Å². The summed E-state index contributed by atoms with van der Waals surface area (Å²) in [6.07, 6.45) is 1.31. The molecule has 0 aliphatic heterocycles. The number of aromatic nitrogens is 1. The molecule has 3 rings (SSSR count). The number of nitrogens with one attached hydrogen (secondary N) is 1. The summed E-state index contributed by atoms with van der Waals surface area (Å²) < 4.78 is 13.2. The van der Waals surface area contributed by atoms with Gasteiger partial charge in [-0.3, -0.25) is 10.1 Å². The number of anilines is 1. The number of nitro groups is 1. The van der Waals surface area contributed by atoms with E-state index in [4.69, 9.17) is 11.6 Å². The van der Waals surface area contributed by atoms with Crippen LogP contribution in [0, 0.1) is 27.3 Å². The highest BCUT2D eigenvalue weighted by Gasteiger charge is 2.15. The average molecular weight is 401 g/mol. The van der Waals surface area contributed by atoms with Crippen LogP contribution in [0.1, 0.15) is 5.01 Å². The minimum atomic E-state index is -0.718. The highest BCUT2D eigenvalue weighted by Crippen LogP contribution is 2.28. The summed E-state index contributed by atoms with van der Waals surface area (Å²) in [5, 5.41) is 26.0. The van der Waals surface area contributed by atoms with E-state index in [9.17, 15) is 19.8 Å². The van der Waals surface area contributed by atoms with Crippen LogP contribution in [-0.4, -0.2) is 9.91 Å². The lowest BCUT2D eigenvalue weighted by Crippen LogP contribution is -1.97. The van der Waals surface area contributed by atoms with Crippen molar-refractivity contribution >= 4 is 39.9 Å². The third kappa shape index (κ3) is 4.28. The zero-order valence-corrected chi connectivity index (χ0v) is 15.1. The second-order valence-corrected chi connectivity index (χ2v) is 6.57. The van der Waals surface area contributed by atoms with Gasteiger partial charge in [0.1, 0.15) is 28.2 Å². The van der Waals surface area contributed by atoms with E-state index in [2.05, 4.69) is 10.3 Å². The molecule has 27 heavy (non-hydrogen) atoms. The second kappa shape index (κ2) is 7.95. The normalized spacial score (nSPS) is 11.1. The molecular formula is C18H10ClFN4O2S. The summed E-state index contributed by atoms with van der Waals surface area (Å²) >= 11 is 7.13. The maximum atomic E-state index is 13.2. The van der Waals surface area contributed by atoms with Crippen molar-refractivity contribution in [1.29, 1.82) is 5.26 Å². The Kier molecular flexibility index (Phi) is 5.45. The minimum absolute atomic E-state index is 0.0728. The maximum absolute atomic E-state index is 13.2. The fourth-order valence-corrected chi connectivity index (χ4v) is 3.14. The van der Waals surface area contributed by atoms with Gasteiger partial charge in [0, 0.05) is 22.2 Å². The fraction of sp³-hybridized carbons (Fsp3) is 0. The molecule has 9 heteroatoms. The van der Waals surface area contributed by atoms with Gasteiger partial charge in [-0.05, 0) is 24.3 Å². The molecule has 1 N–H and O–H groups in total. The molecule has 3 aromatic rings. The van der Waals surface area contributed by atoms with Crippen molar-refractivity contribution in [2.45, 2.75) is 0 Å². The molecule has 0 fully saturated rings. The van der Waals surface area contributed by atoms with Gasteiger partial charge in [-0.15, -0.1) is 11.3 Å². The van der Waals surface area contributed by atoms with Gasteiger partial charge in [0.25, 0.3) is 5.69 Å². The molecule has 0 atom stereocenters. The van der Waals surface area contributed by atoms with Crippen molar-refractivity contribution in [2.75, 3.05) is 5.32 Å². The van der Waals surface area contributed by atoms with Crippen LogP contribution in [-0.2, 0) is 0 Å². The van der Waals surface area contributed by atoms with E-state index in [1.807, 2.05) is 18.2 Å². The molecule has 0 bridgehead atoms. The van der Waals surface area contributed by atoms with Gasteiger partial charge in [0.2, 0.25) is 0 Å². The largest absolute Gasteiger partial charge is 0.355 e. The summed E-state index contributed by atoms with van der Waals surface area (Å²) in [4.78, 5) is 14.8. The predicted molar refractivity (Wildman–Crippen MR) is 103 cm³/mol. The molecule has 2 aromatic carbocycles. The van der Waals surface area contributed by atoms with Gasteiger partial charge in [0.05, 0.1) is 16.7 Å². The molecule has 0 radical (unpaired) electrons. The molecule has 1 heterocycles. The summed E-state index contributed by atoms with van der Waals surface area (Å²) in [6, 6.07) is 12.3. The van der Waals surface area contributed by atoms with Crippen molar-refractivity contribution in [3.05, 3.63) is 80.0 Å². The Morgan fingerprint density at radius 3 is 2.74 bits per heavy atom. The number of nitrogens with zero attached hydrogens (tertiary/aromatic N) is 3. The lowest BCUT2D eigenvalue weighted by Gasteiger charge is -2.03. The summed E-state index contributed by atoms with van der Waals surface area (Å²) in [5.74, 6) is -0.718. The fourth-order valence-electron chi connectivity index (χ4n) is 2.22. The zero-order chi connectivity index (χ0) is 19.4. The molecule has 6 nitrogen and oxygen atoms in total. The lowest BCUT2D eigenvalue weighted by molar-refractivity contribution is -0.384. The Labute approximate surface area is 162 Å². The molecular weight excluding hydrogens is 391 g/mol. The quantitative estimate of drug-likeness (QED) is 0.347. The number of thiazole rings is 1. The number of rotatable bonds is 5. The first-order valence-corrected chi connectivity index (χ1v) is 8.76. The minimum Gasteiger partial charge on any atom is -0.355 e. The SMILES string of the molecule is N#C/C(=C/Nc1ccc(F)cc1[N+](=O)[O-])c1nc(-c2ccc(Cl)cc2)cs1. The zero-order valence-electron chi connectivity index (χ0n) is 13.5. The van der Waals surface area contributed by atoms with E-state index in [1.165, 1.54) is 23.6 Å². The predicted octanol–water partition coefficient (Wildman–Crippen LogP) is 5.49. The van der Waals surface area contributed by atoms with Crippen LogP contribution in [0.15, 0.2) is 54.0 Å². The smallest absolute Gasteiger partial charge is 0.295 e. The number of halogens is 2. The van der Waals surface area contributed by atoms with Crippen molar-refractivity contribution in [1.82, 2.24) is 4.98 Å². The van der Waals surface area contributed by atoms with Gasteiger partial charge in [0.15, 0.2) is 0 Å². The Morgan fingerprint density at radius 2 is 2.07 bits per heavy atom. The van der Waals surface area contributed by atoms with E-state index < -0.39 is 16.4 Å². The highest BCUT2D eigenvalue weighted by atomic mass is 35.5. The van der Waals surface area contributed by atoms with Crippen LogP contribution in [0.3, 0.4) is 0 Å². The van der Waals surface area contributed by atoms with Crippen molar-refractivity contribution in [3.8, 4) is 17.3 Å². The van der Waals surface area contributed by atoms with E-state index in [0.717, 1.165) is 17.7 Å². The van der Waals surface area contributed by atoms with E-state index in [1.54, 1.807) is 17.5 Å². The first-order chi connectivity index (χ1) is 13.0. The van der Waals surface area contributed by atoms with Crippen molar-refractivity contribution in [3.63, 3.8) is 0 Å². The second-order valence-electron chi connectivity index (χ2n) is 5.28. The van der Waals surface area contributed by atoms with Gasteiger partial charge < -0.3 is 5.32 Å². The van der Waals surface area contributed by atoms with Crippen molar-refractivity contribution in [2.24, 2.45) is 0 Å². The monoisotopic (exact) mass is 400 g/mol. The first kappa shape index (κ1) is 18.5. The van der Waals surface area contributed by atoms with Crippen molar-refractivity contribution < 1.29 is 9.31 Å². The molecule has 0 saturated carbocycles.